The fourth-order valence-corrected chi connectivity index (χ4v) is 2.30. The first kappa shape index (κ1) is 15.9. The van der Waals surface area contributed by atoms with Crippen LogP contribution >= 0.6 is 0 Å². The van der Waals surface area contributed by atoms with Gasteiger partial charge in [-0.3, -0.25) is 0 Å². The van der Waals surface area contributed by atoms with E-state index in [1.165, 1.54) is 12.1 Å². The second-order valence-electron chi connectivity index (χ2n) is 5.03. The van der Waals surface area contributed by atoms with Gasteiger partial charge in [0.15, 0.2) is 0 Å². The van der Waals surface area contributed by atoms with E-state index in [1.54, 1.807) is 12.1 Å². The summed E-state index contributed by atoms with van der Waals surface area (Å²) < 4.78 is 28.7. The first-order chi connectivity index (χ1) is 11.7. The van der Waals surface area contributed by atoms with Crippen molar-refractivity contribution in [3.8, 4) is 5.75 Å². The number of hydrogen-bond acceptors (Lipinski definition) is 4. The van der Waals surface area contributed by atoms with E-state index in [2.05, 4.69) is 25.2 Å². The van der Waals surface area contributed by atoms with Gasteiger partial charge in [-0.1, -0.05) is 19.1 Å². The minimum Gasteiger partial charge on any atom is -0.435 e. The van der Waals surface area contributed by atoms with Crippen molar-refractivity contribution in [2.24, 2.45) is 5.10 Å². The lowest BCUT2D eigenvalue weighted by Crippen LogP contribution is -2.05. The van der Waals surface area contributed by atoms with E-state index in [0.29, 0.717) is 12.4 Å². The summed E-state index contributed by atoms with van der Waals surface area (Å²) in [7, 11) is 0. The highest BCUT2D eigenvalue weighted by Gasteiger charge is 2.07. The molecule has 2 N–H and O–H groups in total. The van der Waals surface area contributed by atoms with Crippen LogP contribution in [0.5, 0.6) is 5.75 Å². The molecule has 3 aromatic rings. The van der Waals surface area contributed by atoms with Crippen molar-refractivity contribution < 1.29 is 13.5 Å². The Morgan fingerprint density at radius 3 is 2.62 bits per heavy atom. The van der Waals surface area contributed by atoms with E-state index >= 15 is 0 Å². The quantitative estimate of drug-likeness (QED) is 0.520. The van der Waals surface area contributed by atoms with Crippen LogP contribution in [0.4, 0.5) is 14.7 Å². The van der Waals surface area contributed by atoms with E-state index in [4.69, 9.17) is 0 Å². The molecule has 0 aliphatic carbocycles. The normalized spacial score (nSPS) is 11.9. The zero-order valence-electron chi connectivity index (χ0n) is 13.0. The maximum absolute atomic E-state index is 12.2. The number of para-hydroxylation sites is 2. The van der Waals surface area contributed by atoms with Gasteiger partial charge in [0.1, 0.15) is 5.75 Å². The van der Waals surface area contributed by atoms with E-state index in [0.717, 1.165) is 22.3 Å². The number of benzene rings is 2. The average molecular weight is 330 g/mol. The summed E-state index contributed by atoms with van der Waals surface area (Å²) in [5, 5.41) is 4.35. The third-order valence-corrected chi connectivity index (χ3v) is 3.43. The molecule has 124 valence electrons. The van der Waals surface area contributed by atoms with Crippen LogP contribution in [0.15, 0.2) is 53.6 Å². The Bertz CT molecular complexity index is 810. The Hall–Kier alpha value is -2.96. The van der Waals surface area contributed by atoms with Crippen LogP contribution in [-0.2, 0) is 0 Å². The molecule has 0 saturated carbocycles. The van der Waals surface area contributed by atoms with Gasteiger partial charge in [-0.15, -0.1) is 0 Å². The zero-order chi connectivity index (χ0) is 16.9. The lowest BCUT2D eigenvalue weighted by atomic mass is 10.1. The number of aromatic amines is 1. The molecule has 0 saturated heterocycles. The number of hydrogen-bond donors (Lipinski definition) is 2. The van der Waals surface area contributed by atoms with E-state index in [9.17, 15) is 8.78 Å². The molecule has 1 aromatic heterocycles. The van der Waals surface area contributed by atoms with Gasteiger partial charge >= 0.3 is 6.61 Å². The minimum absolute atomic E-state index is 0.120. The van der Waals surface area contributed by atoms with E-state index < -0.39 is 6.61 Å². The Morgan fingerprint density at radius 2 is 1.96 bits per heavy atom. The van der Waals surface area contributed by atoms with Crippen molar-refractivity contribution in [3.05, 3.63) is 54.1 Å². The molecule has 5 nitrogen and oxygen atoms in total. The van der Waals surface area contributed by atoms with Gasteiger partial charge in [-0.25, -0.2) is 10.4 Å². The van der Waals surface area contributed by atoms with E-state index in [-0.39, 0.29) is 5.75 Å². The summed E-state index contributed by atoms with van der Waals surface area (Å²) in [5.41, 5.74) is 6.27. The number of anilines is 1. The van der Waals surface area contributed by atoms with Gasteiger partial charge < -0.3 is 9.72 Å². The van der Waals surface area contributed by atoms with Crippen LogP contribution < -0.4 is 10.2 Å². The van der Waals surface area contributed by atoms with Crippen molar-refractivity contribution in [2.75, 3.05) is 5.43 Å². The summed E-state index contributed by atoms with van der Waals surface area (Å²) in [4.78, 5) is 7.51. The number of hydrazone groups is 1. The Balaban J connectivity index is 1.76. The third-order valence-electron chi connectivity index (χ3n) is 3.43. The molecule has 0 fully saturated rings. The Labute approximate surface area is 137 Å². The molecule has 0 amide bonds. The first-order valence-corrected chi connectivity index (χ1v) is 7.48. The summed E-state index contributed by atoms with van der Waals surface area (Å²) in [6.45, 7) is -0.868. The SMILES string of the molecule is CCC(=NNc1nc2ccccc2[nH]1)c1ccc(OC(F)F)cc1. The van der Waals surface area contributed by atoms with Crippen LogP contribution in [0.3, 0.4) is 0 Å². The number of rotatable bonds is 6. The van der Waals surface area contributed by atoms with Gasteiger partial charge in [0.2, 0.25) is 5.95 Å². The zero-order valence-corrected chi connectivity index (χ0v) is 13.0. The summed E-state index contributed by atoms with van der Waals surface area (Å²) in [6, 6.07) is 14.1. The second kappa shape index (κ2) is 7.08. The fraction of sp³-hybridized carbons (Fsp3) is 0.176. The van der Waals surface area contributed by atoms with Crippen LogP contribution in [-0.4, -0.2) is 22.3 Å². The fourth-order valence-electron chi connectivity index (χ4n) is 2.30. The standard InChI is InChI=1S/C17H16F2N4O/c1-2-13(11-7-9-12(10-8-11)24-16(18)19)22-23-17-20-14-5-3-4-6-15(14)21-17/h3-10,16H,2H2,1H3,(H2,20,21,23). The van der Waals surface area contributed by atoms with Crippen LogP contribution in [0.1, 0.15) is 18.9 Å². The molecule has 0 atom stereocenters. The monoisotopic (exact) mass is 330 g/mol. The summed E-state index contributed by atoms with van der Waals surface area (Å²) >= 11 is 0. The molecule has 1 heterocycles. The summed E-state index contributed by atoms with van der Waals surface area (Å²) in [6.07, 6.45) is 0.669. The molecule has 2 aromatic carbocycles. The lowest BCUT2D eigenvalue weighted by Gasteiger charge is -2.07. The number of nitrogens with zero attached hydrogens (tertiary/aromatic N) is 2. The number of ether oxygens (including phenoxy) is 1. The first-order valence-electron chi connectivity index (χ1n) is 7.48. The average Bonchev–Trinajstić information content (AvgIpc) is 2.99. The second-order valence-corrected chi connectivity index (χ2v) is 5.03. The number of fused-ring (bicyclic) bond motifs is 1. The molecule has 3 rings (SSSR count). The molecule has 7 heteroatoms. The molecule has 0 aliphatic heterocycles. The van der Waals surface area contributed by atoms with Crippen molar-refractivity contribution in [1.29, 1.82) is 0 Å². The van der Waals surface area contributed by atoms with Crippen LogP contribution in [0.2, 0.25) is 0 Å². The van der Waals surface area contributed by atoms with Gasteiger partial charge in [0.25, 0.3) is 0 Å². The van der Waals surface area contributed by atoms with Gasteiger partial charge in [0, 0.05) is 0 Å². The number of halogens is 2. The molecule has 0 aliphatic rings. The van der Waals surface area contributed by atoms with Gasteiger partial charge in [0.05, 0.1) is 16.7 Å². The number of nitrogens with one attached hydrogen (secondary N) is 2. The van der Waals surface area contributed by atoms with Crippen molar-refractivity contribution >= 4 is 22.7 Å². The maximum atomic E-state index is 12.2. The third kappa shape index (κ3) is 3.68. The topological polar surface area (TPSA) is 62.3 Å². The highest BCUT2D eigenvalue weighted by molar-refractivity contribution is 6.00. The van der Waals surface area contributed by atoms with Crippen molar-refractivity contribution in [2.45, 2.75) is 20.0 Å². The van der Waals surface area contributed by atoms with E-state index in [1.807, 2.05) is 31.2 Å². The minimum atomic E-state index is -2.83. The van der Waals surface area contributed by atoms with Crippen molar-refractivity contribution in [3.63, 3.8) is 0 Å². The number of H-pyrrole nitrogens is 1. The highest BCUT2D eigenvalue weighted by Crippen LogP contribution is 2.17. The Kier molecular flexibility index (Phi) is 4.69. The molecule has 0 unspecified atom stereocenters. The molecule has 0 radical (unpaired) electrons. The molecule has 24 heavy (non-hydrogen) atoms. The van der Waals surface area contributed by atoms with Gasteiger partial charge in [-0.05, 0) is 48.4 Å². The maximum Gasteiger partial charge on any atom is 0.387 e. The van der Waals surface area contributed by atoms with Gasteiger partial charge in [-0.2, -0.15) is 13.9 Å². The number of alkyl halides is 2. The lowest BCUT2D eigenvalue weighted by molar-refractivity contribution is -0.0498. The Morgan fingerprint density at radius 1 is 1.21 bits per heavy atom. The predicted octanol–water partition coefficient (Wildman–Crippen LogP) is 4.39. The summed E-state index contributed by atoms with van der Waals surface area (Å²) in [5.74, 6) is 0.661. The largest absolute Gasteiger partial charge is 0.435 e. The van der Waals surface area contributed by atoms with Crippen LogP contribution in [0.25, 0.3) is 11.0 Å². The smallest absolute Gasteiger partial charge is 0.387 e. The molecular weight excluding hydrogens is 314 g/mol. The number of aromatic nitrogens is 2. The molecule has 0 spiro atoms. The molecule has 0 bridgehead atoms. The van der Waals surface area contributed by atoms with Crippen molar-refractivity contribution in [1.82, 2.24) is 9.97 Å². The predicted molar refractivity (Wildman–Crippen MR) is 89.6 cm³/mol. The highest BCUT2D eigenvalue weighted by atomic mass is 19.3. The van der Waals surface area contributed by atoms with Crippen LogP contribution in [0, 0.1) is 0 Å². The molecular formula is C17H16F2N4O. The number of imidazole rings is 1.